The summed E-state index contributed by atoms with van der Waals surface area (Å²) < 4.78 is 17.3. The van der Waals surface area contributed by atoms with Crippen LogP contribution in [0.25, 0.3) is 0 Å². The molecule has 0 saturated carbocycles. The summed E-state index contributed by atoms with van der Waals surface area (Å²) in [6, 6.07) is 12.1. The van der Waals surface area contributed by atoms with Crippen LogP contribution >= 0.6 is 23.2 Å². The van der Waals surface area contributed by atoms with Crippen molar-refractivity contribution < 1.29 is 28.7 Å². The van der Waals surface area contributed by atoms with E-state index in [-0.39, 0.29) is 27.9 Å². The highest BCUT2D eigenvalue weighted by molar-refractivity contribution is 7.85. The van der Waals surface area contributed by atoms with Crippen molar-refractivity contribution in [3.63, 3.8) is 0 Å². The normalized spacial score (nSPS) is 19.8. The van der Waals surface area contributed by atoms with Gasteiger partial charge in [0.1, 0.15) is 18.5 Å². The Labute approximate surface area is 216 Å². The largest absolute Gasteiger partial charge is 0.462 e. The topological polar surface area (TPSA) is 107 Å². The van der Waals surface area contributed by atoms with E-state index in [4.69, 9.17) is 33.0 Å². The van der Waals surface area contributed by atoms with Gasteiger partial charge in [-0.05, 0) is 50.2 Å². The van der Waals surface area contributed by atoms with Gasteiger partial charge in [0.15, 0.2) is 0 Å². The Kier molecular flexibility index (Phi) is 9.54. The molecule has 8 nitrogen and oxygen atoms in total. The number of aliphatic hydroxyl groups is 2. The predicted molar refractivity (Wildman–Crippen MR) is 136 cm³/mol. The highest BCUT2D eigenvalue weighted by Gasteiger charge is 2.34. The van der Waals surface area contributed by atoms with Crippen LogP contribution in [0.1, 0.15) is 24.2 Å². The summed E-state index contributed by atoms with van der Waals surface area (Å²) >= 11 is 12.5. The summed E-state index contributed by atoms with van der Waals surface area (Å²) in [7, 11) is -1.80. The van der Waals surface area contributed by atoms with Crippen LogP contribution in [0, 0.1) is 0 Å². The van der Waals surface area contributed by atoms with E-state index < -0.39 is 41.8 Å². The zero-order valence-electron chi connectivity index (χ0n) is 19.4. The number of esters is 1. The maximum absolute atomic E-state index is 13.3. The number of aliphatic hydroxyl groups excluding tert-OH is 2. The van der Waals surface area contributed by atoms with Gasteiger partial charge in [-0.1, -0.05) is 29.3 Å². The zero-order chi connectivity index (χ0) is 25.7. The molecule has 1 amide bonds. The first-order chi connectivity index (χ1) is 16.6. The summed E-state index contributed by atoms with van der Waals surface area (Å²) in [5.41, 5.74) is 1.36. The van der Waals surface area contributed by atoms with Gasteiger partial charge in [-0.2, -0.15) is 0 Å². The number of carbonyl (C=O) groups is 2. The molecule has 1 heterocycles. The molecule has 4 atom stereocenters. The van der Waals surface area contributed by atoms with Crippen molar-refractivity contribution in [2.75, 3.05) is 37.0 Å². The van der Waals surface area contributed by atoms with Crippen LogP contribution in [0.4, 0.5) is 5.69 Å². The van der Waals surface area contributed by atoms with Gasteiger partial charge in [-0.15, -0.1) is 0 Å². The van der Waals surface area contributed by atoms with Crippen molar-refractivity contribution in [3.05, 3.63) is 58.1 Å². The number of anilines is 1. The smallest absolute Gasteiger partial charge is 0.319 e. The zero-order valence-corrected chi connectivity index (χ0v) is 21.7. The van der Waals surface area contributed by atoms with Crippen LogP contribution in [-0.2, 0) is 20.3 Å². The number of amides is 1. The van der Waals surface area contributed by atoms with Crippen LogP contribution < -0.4 is 4.90 Å². The summed E-state index contributed by atoms with van der Waals surface area (Å²) in [4.78, 5) is 29.3. The number of carbonyl (C=O) groups excluding carboxylic acids is 2. The summed E-state index contributed by atoms with van der Waals surface area (Å²) in [6.07, 6.45) is -1.20. The van der Waals surface area contributed by atoms with Crippen molar-refractivity contribution in [2.24, 2.45) is 0 Å². The molecule has 2 aromatic rings. The van der Waals surface area contributed by atoms with Gasteiger partial charge in [0.2, 0.25) is 0 Å². The second-order valence-electron chi connectivity index (χ2n) is 8.31. The van der Waals surface area contributed by atoms with Gasteiger partial charge >= 0.3 is 5.97 Å². The first-order valence-electron chi connectivity index (χ1n) is 11.1. The molecule has 4 unspecified atom stereocenters. The molecule has 0 spiro atoms. The fourth-order valence-corrected chi connectivity index (χ4v) is 5.47. The third-order valence-electron chi connectivity index (χ3n) is 5.98. The molecule has 35 heavy (non-hydrogen) atoms. The van der Waals surface area contributed by atoms with Crippen LogP contribution in [0.15, 0.2) is 47.4 Å². The first-order valence-corrected chi connectivity index (χ1v) is 13.2. The molecular weight excluding hydrogens is 515 g/mol. The molecule has 190 valence electrons. The minimum absolute atomic E-state index is 0.0452. The number of ether oxygens (including phenoxy) is 1. The fourth-order valence-electron chi connectivity index (χ4n) is 3.90. The molecule has 0 aromatic heterocycles. The van der Waals surface area contributed by atoms with E-state index in [1.807, 2.05) is 31.2 Å². The van der Waals surface area contributed by atoms with Crippen LogP contribution in [-0.4, -0.2) is 81.4 Å². The Morgan fingerprint density at radius 1 is 1.14 bits per heavy atom. The van der Waals surface area contributed by atoms with Crippen molar-refractivity contribution in [1.29, 1.82) is 0 Å². The Morgan fingerprint density at radius 3 is 2.54 bits per heavy atom. The SMILES string of the molecule is CC1C(C)N(c2cccc(Cl)c2)CCN1C(=O)c1ccc(S(=O)CC(=O)OCC(O)CO)c(Cl)c1. The lowest BCUT2D eigenvalue weighted by Gasteiger charge is -2.46. The quantitative estimate of drug-likeness (QED) is 0.493. The summed E-state index contributed by atoms with van der Waals surface area (Å²) in [6.45, 7) is 4.25. The maximum Gasteiger partial charge on any atom is 0.319 e. The van der Waals surface area contributed by atoms with Crippen molar-refractivity contribution in [1.82, 2.24) is 4.90 Å². The number of nitrogens with zero attached hydrogens (tertiary/aromatic N) is 2. The van der Waals surface area contributed by atoms with E-state index in [0.29, 0.717) is 23.7 Å². The van der Waals surface area contributed by atoms with Crippen molar-refractivity contribution >= 4 is 51.6 Å². The predicted octanol–water partition coefficient (Wildman–Crippen LogP) is 2.74. The summed E-state index contributed by atoms with van der Waals surface area (Å²) in [5, 5.41) is 18.8. The van der Waals surface area contributed by atoms with Gasteiger partial charge in [0.05, 0.1) is 27.3 Å². The Hall–Kier alpha value is -2.17. The lowest BCUT2D eigenvalue weighted by molar-refractivity contribution is -0.144. The molecular formula is C24H28Cl2N2O6S. The highest BCUT2D eigenvalue weighted by atomic mass is 35.5. The minimum atomic E-state index is -1.80. The lowest BCUT2D eigenvalue weighted by Crippen LogP contribution is -2.59. The van der Waals surface area contributed by atoms with E-state index in [0.717, 1.165) is 5.69 Å². The monoisotopic (exact) mass is 542 g/mol. The van der Waals surface area contributed by atoms with Crippen LogP contribution in [0.2, 0.25) is 10.0 Å². The number of halogens is 2. The molecule has 2 aromatic carbocycles. The minimum Gasteiger partial charge on any atom is -0.462 e. The van der Waals surface area contributed by atoms with E-state index in [9.17, 15) is 18.9 Å². The highest BCUT2D eigenvalue weighted by Crippen LogP contribution is 2.28. The molecule has 0 radical (unpaired) electrons. The third-order valence-corrected chi connectivity index (χ3v) is 7.99. The lowest BCUT2D eigenvalue weighted by atomic mass is 10.0. The van der Waals surface area contributed by atoms with E-state index in [1.165, 1.54) is 12.1 Å². The van der Waals surface area contributed by atoms with Gasteiger partial charge in [-0.3, -0.25) is 13.8 Å². The number of rotatable bonds is 8. The van der Waals surface area contributed by atoms with E-state index in [1.54, 1.807) is 11.0 Å². The second-order valence-corrected chi connectivity index (χ2v) is 10.6. The molecule has 2 N–H and O–H groups in total. The maximum atomic E-state index is 13.3. The standard InChI is InChI=1S/C24H28Cl2N2O6S/c1-15-16(2)28(9-8-27(15)19-5-3-4-18(25)11-19)24(32)17-6-7-22(21(26)10-17)35(33)14-23(31)34-13-20(30)12-29/h3-7,10-11,15-16,20,29-30H,8-9,12-14H2,1-2H3. The third kappa shape index (κ3) is 6.74. The van der Waals surface area contributed by atoms with Gasteiger partial charge in [-0.25, -0.2) is 0 Å². The molecule has 0 aliphatic carbocycles. The number of piperazine rings is 1. The molecule has 1 aliphatic rings. The van der Waals surface area contributed by atoms with Crippen LogP contribution in [0.5, 0.6) is 0 Å². The molecule has 0 bridgehead atoms. The number of benzene rings is 2. The Balaban J connectivity index is 1.66. The number of hydrogen-bond acceptors (Lipinski definition) is 7. The number of hydrogen-bond donors (Lipinski definition) is 2. The molecule has 1 fully saturated rings. The average molecular weight is 543 g/mol. The van der Waals surface area contributed by atoms with Crippen molar-refractivity contribution in [2.45, 2.75) is 36.9 Å². The molecule has 3 rings (SSSR count). The fraction of sp³-hybridized carbons (Fsp3) is 0.417. The molecule has 1 aliphatic heterocycles. The van der Waals surface area contributed by atoms with Crippen molar-refractivity contribution in [3.8, 4) is 0 Å². The second kappa shape index (κ2) is 12.2. The molecule has 11 heteroatoms. The van der Waals surface area contributed by atoms with E-state index >= 15 is 0 Å². The van der Waals surface area contributed by atoms with Gasteiger partial charge in [0.25, 0.3) is 5.91 Å². The van der Waals surface area contributed by atoms with Gasteiger partial charge in [0, 0.05) is 41.4 Å². The van der Waals surface area contributed by atoms with Crippen LogP contribution in [0.3, 0.4) is 0 Å². The molecule has 1 saturated heterocycles. The van der Waals surface area contributed by atoms with Gasteiger partial charge < -0.3 is 24.7 Å². The van der Waals surface area contributed by atoms with E-state index in [2.05, 4.69) is 11.8 Å². The Bertz CT molecular complexity index is 1100. The summed E-state index contributed by atoms with van der Waals surface area (Å²) in [5.74, 6) is -1.45. The Morgan fingerprint density at radius 2 is 1.89 bits per heavy atom. The average Bonchev–Trinajstić information content (AvgIpc) is 2.83. The first kappa shape index (κ1) is 27.4.